The Hall–Kier alpha value is -2.16. The van der Waals surface area contributed by atoms with Crippen LogP contribution in [0.3, 0.4) is 0 Å². The van der Waals surface area contributed by atoms with E-state index in [0.717, 1.165) is 17.6 Å². The van der Waals surface area contributed by atoms with Crippen LogP contribution >= 0.6 is 0 Å². The smallest absolute Gasteiger partial charge is 0.113 e. The Morgan fingerprint density at radius 2 is 1.76 bits per heavy atom. The SMILES string of the molecule is [Fe].[c-]1[c-][c-][cH-][c-]1.c1ccc2c(c1)nnn2C[c-]1cccc1. The first-order chi connectivity index (χ1) is 9.93. The van der Waals surface area contributed by atoms with Crippen LogP contribution in [0.4, 0.5) is 0 Å². The van der Waals surface area contributed by atoms with Crippen LogP contribution in [0, 0.1) is 24.3 Å². The second kappa shape index (κ2) is 7.58. The number of fused-ring (bicyclic) bond motifs is 1. The molecule has 3 nitrogen and oxygen atoms in total. The standard InChI is InChI=1S/C12H10N3.C5H.Fe/c1-2-6-10(5-1)9-15-12-8-4-3-7-11(12)13-14-15;1-2-4-5-3-1;/h1-8H,9H2;1H;/q-1;-5;. The van der Waals surface area contributed by atoms with Gasteiger partial charge in [-0.1, -0.05) is 17.3 Å². The summed E-state index contributed by atoms with van der Waals surface area (Å²) in [6.45, 7) is 0.785. The Kier molecular flexibility index (Phi) is 5.50. The third kappa shape index (κ3) is 3.91. The van der Waals surface area contributed by atoms with E-state index in [1.54, 1.807) is 6.07 Å². The van der Waals surface area contributed by atoms with E-state index >= 15 is 0 Å². The molecule has 0 spiro atoms. The van der Waals surface area contributed by atoms with Crippen LogP contribution < -0.4 is 0 Å². The van der Waals surface area contributed by atoms with Crippen LogP contribution in [0.25, 0.3) is 11.0 Å². The van der Waals surface area contributed by atoms with Crippen molar-refractivity contribution in [3.05, 3.63) is 84.4 Å². The van der Waals surface area contributed by atoms with E-state index in [1.165, 1.54) is 5.56 Å². The number of hydrogen-bond donors (Lipinski definition) is 0. The summed E-state index contributed by atoms with van der Waals surface area (Å²) in [6.07, 6.45) is 0. The maximum absolute atomic E-state index is 4.14. The van der Waals surface area contributed by atoms with Crippen molar-refractivity contribution in [3.8, 4) is 0 Å². The molecule has 4 rings (SSSR count). The minimum absolute atomic E-state index is 0. The van der Waals surface area contributed by atoms with Crippen molar-refractivity contribution in [3.63, 3.8) is 0 Å². The molecule has 0 aliphatic rings. The fourth-order valence-corrected chi connectivity index (χ4v) is 1.91. The molecule has 0 atom stereocenters. The number of para-hydroxylation sites is 1. The van der Waals surface area contributed by atoms with Crippen LogP contribution in [-0.2, 0) is 23.6 Å². The largest absolute Gasteiger partial charge is 0.999 e. The van der Waals surface area contributed by atoms with Gasteiger partial charge < -0.3 is 30.3 Å². The Morgan fingerprint density at radius 3 is 2.43 bits per heavy atom. The first-order valence-corrected chi connectivity index (χ1v) is 6.25. The molecule has 0 saturated carbocycles. The van der Waals surface area contributed by atoms with Gasteiger partial charge in [0.25, 0.3) is 0 Å². The van der Waals surface area contributed by atoms with Gasteiger partial charge in [-0.3, -0.25) is 4.68 Å². The van der Waals surface area contributed by atoms with Gasteiger partial charge in [-0.2, -0.15) is 12.1 Å². The Balaban J connectivity index is 0.000000231. The van der Waals surface area contributed by atoms with Gasteiger partial charge in [-0.15, -0.1) is 10.7 Å². The summed E-state index contributed by atoms with van der Waals surface area (Å²) in [7, 11) is 0. The average molecular weight is 313 g/mol. The maximum Gasteiger partial charge on any atom is 0.113 e. The van der Waals surface area contributed by atoms with E-state index in [1.807, 2.05) is 41.1 Å². The van der Waals surface area contributed by atoms with Gasteiger partial charge in [0, 0.05) is 23.6 Å². The van der Waals surface area contributed by atoms with Crippen LogP contribution in [0.5, 0.6) is 0 Å². The summed E-state index contributed by atoms with van der Waals surface area (Å²) in [4.78, 5) is 0. The fraction of sp³-hybridized carbons (Fsp3) is 0.0588. The monoisotopic (exact) mass is 313 g/mol. The van der Waals surface area contributed by atoms with Crippen LogP contribution in [0.2, 0.25) is 0 Å². The molecule has 0 aliphatic carbocycles. The predicted molar refractivity (Wildman–Crippen MR) is 76.0 cm³/mol. The molecule has 4 aromatic rings. The first kappa shape index (κ1) is 15.2. The van der Waals surface area contributed by atoms with E-state index in [4.69, 9.17) is 0 Å². The first-order valence-electron chi connectivity index (χ1n) is 6.25. The minimum Gasteiger partial charge on any atom is -0.999 e. The molecule has 4 heteroatoms. The number of benzene rings is 1. The van der Waals surface area contributed by atoms with Gasteiger partial charge in [0.15, 0.2) is 0 Å². The summed E-state index contributed by atoms with van der Waals surface area (Å²) in [5.74, 6) is 0. The molecule has 0 unspecified atom stereocenters. The van der Waals surface area contributed by atoms with Crippen molar-refractivity contribution in [2.45, 2.75) is 6.54 Å². The van der Waals surface area contributed by atoms with Crippen molar-refractivity contribution in [1.29, 1.82) is 0 Å². The number of nitrogens with zero attached hydrogens (tertiary/aromatic N) is 3. The fourth-order valence-electron chi connectivity index (χ4n) is 1.91. The van der Waals surface area contributed by atoms with Gasteiger partial charge in [0.05, 0.1) is 5.52 Å². The molecule has 0 amide bonds. The van der Waals surface area contributed by atoms with Crippen LogP contribution in [-0.4, -0.2) is 15.0 Å². The summed E-state index contributed by atoms with van der Waals surface area (Å²) in [6, 6.07) is 28.3. The topological polar surface area (TPSA) is 30.7 Å². The van der Waals surface area contributed by atoms with Crippen LogP contribution in [0.15, 0.2) is 54.6 Å². The molecule has 3 aromatic carbocycles. The molecule has 0 fully saturated rings. The minimum atomic E-state index is 0. The number of rotatable bonds is 2. The van der Waals surface area contributed by atoms with E-state index < -0.39 is 0 Å². The second-order valence-corrected chi connectivity index (χ2v) is 4.21. The van der Waals surface area contributed by atoms with E-state index in [0.29, 0.717) is 0 Å². The zero-order chi connectivity index (χ0) is 13.6. The normalized spacial score (nSPS) is 9.71. The molecular formula is C17H11FeN3-6. The predicted octanol–water partition coefficient (Wildman–Crippen LogP) is 2.80. The summed E-state index contributed by atoms with van der Waals surface area (Å²) in [5, 5.41) is 8.25. The third-order valence-electron chi connectivity index (χ3n) is 2.84. The maximum atomic E-state index is 4.14. The molecule has 1 heterocycles. The Bertz CT molecular complexity index is 722. The zero-order valence-electron chi connectivity index (χ0n) is 11.1. The molecule has 0 radical (unpaired) electrons. The van der Waals surface area contributed by atoms with Crippen molar-refractivity contribution < 1.29 is 17.1 Å². The van der Waals surface area contributed by atoms with Crippen molar-refractivity contribution in [2.24, 2.45) is 0 Å². The summed E-state index contributed by atoms with van der Waals surface area (Å²) in [5.41, 5.74) is 3.29. The quantitative estimate of drug-likeness (QED) is 0.421. The molecule has 0 aliphatic heterocycles. The summed E-state index contributed by atoms with van der Waals surface area (Å²) < 4.78 is 1.92. The average Bonchev–Trinajstić information content (AvgIpc) is 3.24. The van der Waals surface area contributed by atoms with Crippen molar-refractivity contribution in [2.75, 3.05) is 0 Å². The number of aromatic nitrogens is 3. The summed E-state index contributed by atoms with van der Waals surface area (Å²) >= 11 is 0. The van der Waals surface area contributed by atoms with Gasteiger partial charge in [-0.25, -0.2) is 12.1 Å². The molecule has 0 saturated heterocycles. The molecule has 108 valence electrons. The van der Waals surface area contributed by atoms with Gasteiger partial charge in [0.1, 0.15) is 5.52 Å². The van der Waals surface area contributed by atoms with Gasteiger partial charge in [0.2, 0.25) is 0 Å². The second-order valence-electron chi connectivity index (χ2n) is 4.21. The van der Waals surface area contributed by atoms with Crippen molar-refractivity contribution >= 4 is 11.0 Å². The van der Waals surface area contributed by atoms with E-state index in [-0.39, 0.29) is 17.1 Å². The van der Waals surface area contributed by atoms with E-state index in [2.05, 4.69) is 46.7 Å². The molecule has 21 heavy (non-hydrogen) atoms. The van der Waals surface area contributed by atoms with Crippen molar-refractivity contribution in [1.82, 2.24) is 15.0 Å². The molecular weight excluding hydrogens is 302 g/mol. The zero-order valence-corrected chi connectivity index (χ0v) is 12.2. The van der Waals surface area contributed by atoms with Gasteiger partial charge in [-0.05, 0) is 12.1 Å². The van der Waals surface area contributed by atoms with E-state index in [9.17, 15) is 0 Å². The van der Waals surface area contributed by atoms with Gasteiger partial charge >= 0.3 is 0 Å². The Morgan fingerprint density at radius 1 is 1.05 bits per heavy atom. The van der Waals surface area contributed by atoms with Crippen LogP contribution in [0.1, 0.15) is 5.56 Å². The number of hydrogen-bond acceptors (Lipinski definition) is 2. The molecule has 0 N–H and O–H groups in total. The molecule has 0 bridgehead atoms. The third-order valence-corrected chi connectivity index (χ3v) is 2.84. The molecule has 1 aromatic heterocycles. The Labute approximate surface area is 134 Å².